The fourth-order valence-electron chi connectivity index (χ4n) is 2.80. The third-order valence-corrected chi connectivity index (χ3v) is 4.33. The number of rotatable bonds is 2. The monoisotopic (exact) mass is 347 g/mol. The Labute approximate surface area is 132 Å². The zero-order valence-corrected chi connectivity index (χ0v) is 13.9. The average molecular weight is 348 g/mol. The van der Waals surface area contributed by atoms with E-state index in [0.29, 0.717) is 5.69 Å². The highest BCUT2D eigenvalue weighted by Gasteiger charge is 2.26. The molecule has 1 aliphatic rings. The summed E-state index contributed by atoms with van der Waals surface area (Å²) in [5.41, 5.74) is 3.92. The number of hydrogen-bond acceptors (Lipinski definition) is 2. The van der Waals surface area contributed by atoms with E-state index in [9.17, 15) is 4.79 Å². The van der Waals surface area contributed by atoms with Crippen LogP contribution < -0.4 is 0 Å². The summed E-state index contributed by atoms with van der Waals surface area (Å²) in [6.07, 6.45) is 4.21. The van der Waals surface area contributed by atoms with Gasteiger partial charge in [-0.1, -0.05) is 22.0 Å². The van der Waals surface area contributed by atoms with Crippen LogP contribution in [0.4, 0.5) is 0 Å². The number of amides is 1. The van der Waals surface area contributed by atoms with Crippen LogP contribution in [0.25, 0.3) is 5.69 Å². The van der Waals surface area contributed by atoms with Gasteiger partial charge in [-0.2, -0.15) is 5.10 Å². The third-order valence-electron chi connectivity index (χ3n) is 3.84. The normalized spacial score (nSPS) is 13.9. The maximum atomic E-state index is 12.4. The van der Waals surface area contributed by atoms with Crippen LogP contribution in [0.15, 0.2) is 28.7 Å². The molecule has 0 radical (unpaired) electrons. The molecule has 0 saturated heterocycles. The lowest BCUT2D eigenvalue weighted by molar-refractivity contribution is 0.0820. The first-order valence-corrected chi connectivity index (χ1v) is 7.95. The van der Waals surface area contributed by atoms with E-state index in [1.807, 2.05) is 28.9 Å². The van der Waals surface area contributed by atoms with Crippen molar-refractivity contribution in [1.82, 2.24) is 14.7 Å². The largest absolute Gasteiger partial charge is 0.343 e. The van der Waals surface area contributed by atoms with Crippen LogP contribution in [0, 0.1) is 0 Å². The van der Waals surface area contributed by atoms with Gasteiger partial charge in [-0.15, -0.1) is 0 Å². The van der Waals surface area contributed by atoms with Crippen molar-refractivity contribution in [3.05, 3.63) is 45.7 Å². The summed E-state index contributed by atoms with van der Waals surface area (Å²) in [4.78, 5) is 14.0. The Kier molecular flexibility index (Phi) is 3.85. The van der Waals surface area contributed by atoms with Gasteiger partial charge in [0.1, 0.15) is 0 Å². The lowest BCUT2D eigenvalue weighted by Crippen LogP contribution is -2.23. The SMILES string of the molecule is CN(C)C(=O)c1nn(-c2cccc(Br)c2)c2c1CCCC2. The predicted octanol–water partition coefficient (Wildman–Crippen LogP) is 3.22. The molecule has 5 heteroatoms. The van der Waals surface area contributed by atoms with Crippen LogP contribution in [0.2, 0.25) is 0 Å². The molecule has 21 heavy (non-hydrogen) atoms. The molecule has 1 heterocycles. The predicted molar refractivity (Wildman–Crippen MR) is 85.9 cm³/mol. The second-order valence-electron chi connectivity index (χ2n) is 5.57. The van der Waals surface area contributed by atoms with E-state index in [1.165, 1.54) is 5.69 Å². The van der Waals surface area contributed by atoms with Crippen LogP contribution in [0.1, 0.15) is 34.6 Å². The zero-order valence-electron chi connectivity index (χ0n) is 12.3. The molecule has 0 N–H and O–H groups in total. The number of nitrogens with zero attached hydrogens (tertiary/aromatic N) is 3. The summed E-state index contributed by atoms with van der Waals surface area (Å²) in [6.45, 7) is 0. The van der Waals surface area contributed by atoms with Gasteiger partial charge >= 0.3 is 0 Å². The lowest BCUT2D eigenvalue weighted by atomic mass is 9.95. The van der Waals surface area contributed by atoms with E-state index in [1.54, 1.807) is 19.0 Å². The molecule has 0 fully saturated rings. The van der Waals surface area contributed by atoms with Crippen molar-refractivity contribution < 1.29 is 4.79 Å². The van der Waals surface area contributed by atoms with Crippen molar-refractivity contribution in [3.8, 4) is 5.69 Å². The molecule has 0 bridgehead atoms. The molecular weight excluding hydrogens is 330 g/mol. The Hall–Kier alpha value is -1.62. The highest BCUT2D eigenvalue weighted by molar-refractivity contribution is 9.10. The third kappa shape index (κ3) is 2.62. The van der Waals surface area contributed by atoms with E-state index >= 15 is 0 Å². The quantitative estimate of drug-likeness (QED) is 0.836. The second kappa shape index (κ2) is 5.64. The van der Waals surface area contributed by atoms with Crippen molar-refractivity contribution >= 4 is 21.8 Å². The van der Waals surface area contributed by atoms with Crippen molar-refractivity contribution in [2.45, 2.75) is 25.7 Å². The number of carbonyl (C=O) groups excluding carboxylic acids is 1. The molecule has 1 aromatic carbocycles. The van der Waals surface area contributed by atoms with Crippen LogP contribution in [-0.2, 0) is 12.8 Å². The molecule has 1 aliphatic carbocycles. The first kappa shape index (κ1) is 14.3. The number of hydrogen-bond donors (Lipinski definition) is 0. The lowest BCUT2D eigenvalue weighted by Gasteiger charge is -2.15. The second-order valence-corrected chi connectivity index (χ2v) is 6.49. The van der Waals surface area contributed by atoms with Crippen LogP contribution in [-0.4, -0.2) is 34.7 Å². The van der Waals surface area contributed by atoms with Gasteiger partial charge in [0.25, 0.3) is 5.91 Å². The molecule has 0 atom stereocenters. The topological polar surface area (TPSA) is 38.1 Å². The number of aromatic nitrogens is 2. The highest BCUT2D eigenvalue weighted by Crippen LogP contribution is 2.28. The van der Waals surface area contributed by atoms with Gasteiger partial charge in [-0.05, 0) is 43.9 Å². The Bertz CT molecular complexity index is 691. The minimum absolute atomic E-state index is 0.0121. The van der Waals surface area contributed by atoms with Gasteiger partial charge in [0, 0.05) is 29.8 Å². The number of benzene rings is 1. The summed E-state index contributed by atoms with van der Waals surface area (Å²) in [6, 6.07) is 8.04. The number of carbonyl (C=O) groups is 1. The van der Waals surface area contributed by atoms with Crippen molar-refractivity contribution in [1.29, 1.82) is 0 Å². The van der Waals surface area contributed by atoms with Crippen molar-refractivity contribution in [3.63, 3.8) is 0 Å². The van der Waals surface area contributed by atoms with Crippen LogP contribution in [0.5, 0.6) is 0 Å². The smallest absolute Gasteiger partial charge is 0.274 e. The maximum absolute atomic E-state index is 12.4. The Morgan fingerprint density at radius 2 is 2.05 bits per heavy atom. The minimum Gasteiger partial charge on any atom is -0.343 e. The summed E-state index contributed by atoms with van der Waals surface area (Å²) in [5.74, 6) is -0.0121. The van der Waals surface area contributed by atoms with Gasteiger partial charge in [-0.25, -0.2) is 4.68 Å². The fourth-order valence-corrected chi connectivity index (χ4v) is 3.19. The molecule has 1 amide bonds. The molecule has 0 spiro atoms. The minimum atomic E-state index is -0.0121. The highest BCUT2D eigenvalue weighted by atomic mass is 79.9. The van der Waals surface area contributed by atoms with Gasteiger partial charge in [0.05, 0.1) is 5.69 Å². The van der Waals surface area contributed by atoms with E-state index < -0.39 is 0 Å². The molecule has 1 aromatic heterocycles. The Morgan fingerprint density at radius 1 is 1.29 bits per heavy atom. The Balaban J connectivity index is 2.15. The first-order valence-electron chi connectivity index (χ1n) is 7.16. The van der Waals surface area contributed by atoms with E-state index in [0.717, 1.165) is 41.4 Å². The van der Waals surface area contributed by atoms with Gasteiger partial charge in [-0.3, -0.25) is 4.79 Å². The van der Waals surface area contributed by atoms with Crippen LogP contribution in [0.3, 0.4) is 0 Å². The van der Waals surface area contributed by atoms with E-state index in [-0.39, 0.29) is 5.91 Å². The molecule has 0 unspecified atom stereocenters. The molecule has 110 valence electrons. The number of halogens is 1. The molecule has 4 nitrogen and oxygen atoms in total. The van der Waals surface area contributed by atoms with E-state index in [4.69, 9.17) is 0 Å². The van der Waals surface area contributed by atoms with Gasteiger partial charge in [0.2, 0.25) is 0 Å². The van der Waals surface area contributed by atoms with Crippen molar-refractivity contribution in [2.75, 3.05) is 14.1 Å². The summed E-state index contributed by atoms with van der Waals surface area (Å²) < 4.78 is 2.95. The fraction of sp³-hybridized carbons (Fsp3) is 0.375. The zero-order chi connectivity index (χ0) is 15.0. The number of fused-ring (bicyclic) bond motifs is 1. The first-order chi connectivity index (χ1) is 10.1. The van der Waals surface area contributed by atoms with Gasteiger partial charge in [0.15, 0.2) is 5.69 Å². The van der Waals surface area contributed by atoms with Crippen LogP contribution >= 0.6 is 15.9 Å². The van der Waals surface area contributed by atoms with E-state index in [2.05, 4.69) is 21.0 Å². The maximum Gasteiger partial charge on any atom is 0.274 e. The average Bonchev–Trinajstić information content (AvgIpc) is 2.86. The Morgan fingerprint density at radius 3 is 2.76 bits per heavy atom. The molecule has 2 aromatic rings. The van der Waals surface area contributed by atoms with Crippen molar-refractivity contribution in [2.24, 2.45) is 0 Å². The van der Waals surface area contributed by atoms with Gasteiger partial charge < -0.3 is 4.90 Å². The summed E-state index contributed by atoms with van der Waals surface area (Å²) >= 11 is 3.50. The standard InChI is InChI=1S/C16H18BrN3O/c1-19(2)16(21)15-13-8-3-4-9-14(13)20(18-15)12-7-5-6-11(17)10-12/h5-7,10H,3-4,8-9H2,1-2H3. The molecule has 3 rings (SSSR count). The molecule has 0 saturated carbocycles. The molecular formula is C16H18BrN3O. The summed E-state index contributed by atoms with van der Waals surface area (Å²) in [7, 11) is 3.55. The summed E-state index contributed by atoms with van der Waals surface area (Å²) in [5, 5.41) is 4.63. The molecule has 0 aliphatic heterocycles.